The number of carboxylic acids is 1. The van der Waals surface area contributed by atoms with Gasteiger partial charge in [-0.2, -0.15) is 18.3 Å². The van der Waals surface area contributed by atoms with E-state index in [-0.39, 0.29) is 24.2 Å². The lowest BCUT2D eigenvalue weighted by Gasteiger charge is -2.17. The van der Waals surface area contributed by atoms with Crippen LogP contribution in [-0.2, 0) is 11.0 Å². The predicted molar refractivity (Wildman–Crippen MR) is 155 cm³/mol. The zero-order valence-electron chi connectivity index (χ0n) is 23.5. The molecule has 226 valence electrons. The van der Waals surface area contributed by atoms with Crippen LogP contribution in [0, 0.1) is 5.82 Å². The van der Waals surface area contributed by atoms with Crippen LogP contribution in [0.15, 0.2) is 78.9 Å². The molecule has 2 heterocycles. The van der Waals surface area contributed by atoms with Gasteiger partial charge in [0.25, 0.3) is 5.91 Å². The molecule has 8 nitrogen and oxygen atoms in total. The molecule has 0 radical (unpaired) electrons. The summed E-state index contributed by atoms with van der Waals surface area (Å²) >= 11 is 0. The number of amides is 1. The van der Waals surface area contributed by atoms with Crippen LogP contribution in [0.1, 0.15) is 40.9 Å². The van der Waals surface area contributed by atoms with Crippen LogP contribution < -0.4 is 10.1 Å². The summed E-state index contributed by atoms with van der Waals surface area (Å²) in [6.45, 7) is 1.81. The number of carboxylic acid groups (broad SMARTS) is 1. The first kappa shape index (κ1) is 30.2. The van der Waals surface area contributed by atoms with E-state index in [2.05, 4.69) is 10.4 Å². The molecule has 1 amide bonds. The Labute approximate surface area is 248 Å². The highest BCUT2D eigenvalue weighted by molar-refractivity contribution is 5.94. The predicted octanol–water partition coefficient (Wildman–Crippen LogP) is 6.75. The Hall–Kier alpha value is -5.26. The van der Waals surface area contributed by atoms with E-state index in [0.717, 1.165) is 23.1 Å². The molecule has 0 saturated carbocycles. The van der Waals surface area contributed by atoms with Gasteiger partial charge in [0.15, 0.2) is 0 Å². The Balaban J connectivity index is 1.54. The van der Waals surface area contributed by atoms with Gasteiger partial charge >= 0.3 is 12.1 Å². The van der Waals surface area contributed by atoms with Crippen molar-refractivity contribution in [2.75, 3.05) is 13.7 Å². The minimum atomic E-state index is -4.70. The van der Waals surface area contributed by atoms with Crippen LogP contribution in [0.5, 0.6) is 5.75 Å². The Bertz CT molecular complexity index is 1850. The summed E-state index contributed by atoms with van der Waals surface area (Å²) in [5.41, 5.74) is 1.59. The number of benzene rings is 3. The Morgan fingerprint density at radius 1 is 0.977 bits per heavy atom. The maximum absolute atomic E-state index is 15.0. The number of hydrogen-bond acceptors (Lipinski definition) is 5. The lowest BCUT2D eigenvalue weighted by atomic mass is 10.0. The maximum Gasteiger partial charge on any atom is 0.416 e. The number of aliphatic carboxylic acids is 1. The largest absolute Gasteiger partial charge is 0.497 e. The standard InChI is InChI=1S/C32H26F4N4O4/c1-18(19-3-5-20(6-4-19)31(43)37-14-13-30(41)42)40-29(27-11-7-21-15-23(44-2)9-12-26(21)38-27)17-28(39-40)24-10-8-22(16-25(24)33)32(34,35)36/h3-12,15-18H,13-14H2,1-2H3,(H,37,43)(H,41,42). The normalized spacial score (nSPS) is 12.2. The van der Waals surface area contributed by atoms with E-state index in [1.54, 1.807) is 60.3 Å². The van der Waals surface area contributed by atoms with Crippen LogP contribution in [0.2, 0.25) is 0 Å². The Kier molecular flexibility index (Phi) is 8.34. The fourth-order valence-electron chi connectivity index (χ4n) is 4.72. The summed E-state index contributed by atoms with van der Waals surface area (Å²) in [6.07, 6.45) is -4.91. The van der Waals surface area contributed by atoms with Gasteiger partial charge in [0.2, 0.25) is 0 Å². The van der Waals surface area contributed by atoms with Gasteiger partial charge in [-0.05, 0) is 73.2 Å². The number of aromatic nitrogens is 3. The SMILES string of the molecule is COc1ccc2nc(-c3cc(-c4ccc(C(F)(F)F)cc4F)nn3C(C)c3ccc(C(=O)NCCC(=O)O)cc3)ccc2c1. The number of nitrogens with zero attached hydrogens (tertiary/aromatic N) is 3. The number of pyridine rings is 1. The highest BCUT2D eigenvalue weighted by atomic mass is 19.4. The van der Waals surface area contributed by atoms with E-state index >= 15 is 4.39 Å². The molecule has 5 rings (SSSR count). The number of methoxy groups -OCH3 is 1. The van der Waals surface area contributed by atoms with Crippen molar-refractivity contribution >= 4 is 22.8 Å². The van der Waals surface area contributed by atoms with Gasteiger partial charge in [0.1, 0.15) is 11.6 Å². The number of fused-ring (bicyclic) bond motifs is 1. The number of hydrogen-bond donors (Lipinski definition) is 2. The van der Waals surface area contributed by atoms with Crippen LogP contribution in [0.3, 0.4) is 0 Å². The summed E-state index contributed by atoms with van der Waals surface area (Å²) in [4.78, 5) is 27.9. The molecule has 3 aromatic carbocycles. The zero-order chi connectivity index (χ0) is 31.6. The molecule has 44 heavy (non-hydrogen) atoms. The smallest absolute Gasteiger partial charge is 0.416 e. The number of alkyl halides is 3. The molecule has 5 aromatic rings. The molecular formula is C32H26F4N4O4. The molecule has 1 atom stereocenters. The van der Waals surface area contributed by atoms with Crippen LogP contribution >= 0.6 is 0 Å². The summed E-state index contributed by atoms with van der Waals surface area (Å²) in [7, 11) is 1.56. The molecular weight excluding hydrogens is 580 g/mol. The van der Waals surface area contributed by atoms with Crippen molar-refractivity contribution in [2.45, 2.75) is 25.6 Å². The summed E-state index contributed by atoms with van der Waals surface area (Å²) in [6, 6.07) is 19.0. The third-order valence-electron chi connectivity index (χ3n) is 7.11. The average molecular weight is 607 g/mol. The third kappa shape index (κ3) is 6.38. The zero-order valence-corrected chi connectivity index (χ0v) is 23.5. The molecule has 0 spiro atoms. The molecule has 2 aromatic heterocycles. The van der Waals surface area contributed by atoms with E-state index in [0.29, 0.717) is 34.3 Å². The number of carbonyl (C=O) groups excluding carboxylic acids is 1. The van der Waals surface area contributed by atoms with E-state index < -0.39 is 35.5 Å². The van der Waals surface area contributed by atoms with Crippen molar-refractivity contribution in [1.29, 1.82) is 0 Å². The van der Waals surface area contributed by atoms with Crippen LogP contribution in [-0.4, -0.2) is 45.4 Å². The first-order chi connectivity index (χ1) is 20.9. The Morgan fingerprint density at radius 3 is 2.39 bits per heavy atom. The van der Waals surface area contributed by atoms with E-state index in [4.69, 9.17) is 14.8 Å². The molecule has 2 N–H and O–H groups in total. The second-order valence-corrected chi connectivity index (χ2v) is 10.0. The second-order valence-electron chi connectivity index (χ2n) is 10.0. The van der Waals surface area contributed by atoms with Crippen molar-refractivity contribution in [3.05, 3.63) is 101 Å². The van der Waals surface area contributed by atoms with Gasteiger partial charge < -0.3 is 15.2 Å². The van der Waals surface area contributed by atoms with E-state index in [1.165, 1.54) is 0 Å². The van der Waals surface area contributed by atoms with E-state index in [1.807, 2.05) is 19.1 Å². The molecule has 0 aliphatic heterocycles. The molecule has 0 aliphatic carbocycles. The topological polar surface area (TPSA) is 106 Å². The van der Waals surface area contributed by atoms with Crippen LogP contribution in [0.4, 0.5) is 17.6 Å². The number of nitrogens with one attached hydrogen (secondary N) is 1. The van der Waals surface area contributed by atoms with Crippen molar-refractivity contribution in [2.24, 2.45) is 0 Å². The molecule has 0 bridgehead atoms. The molecule has 0 fully saturated rings. The first-order valence-electron chi connectivity index (χ1n) is 13.5. The Morgan fingerprint density at radius 2 is 1.73 bits per heavy atom. The minimum absolute atomic E-state index is 0.0161. The van der Waals surface area contributed by atoms with Crippen molar-refractivity contribution in [1.82, 2.24) is 20.1 Å². The van der Waals surface area contributed by atoms with Gasteiger partial charge in [0, 0.05) is 23.1 Å². The van der Waals surface area contributed by atoms with Gasteiger partial charge in [-0.25, -0.2) is 9.37 Å². The summed E-state index contributed by atoms with van der Waals surface area (Å²) in [5.74, 6) is -1.87. The molecule has 0 saturated heterocycles. The number of rotatable bonds is 9. The van der Waals surface area contributed by atoms with E-state index in [9.17, 15) is 22.8 Å². The van der Waals surface area contributed by atoms with Crippen LogP contribution in [0.25, 0.3) is 33.5 Å². The first-order valence-corrected chi connectivity index (χ1v) is 13.5. The third-order valence-corrected chi connectivity index (χ3v) is 7.11. The monoisotopic (exact) mass is 606 g/mol. The summed E-state index contributed by atoms with van der Waals surface area (Å²) in [5, 5.41) is 16.7. The highest BCUT2D eigenvalue weighted by Crippen LogP contribution is 2.35. The van der Waals surface area contributed by atoms with Gasteiger partial charge in [0.05, 0.1) is 47.7 Å². The number of carbonyl (C=O) groups is 2. The van der Waals surface area contributed by atoms with Gasteiger partial charge in [-0.15, -0.1) is 0 Å². The van der Waals surface area contributed by atoms with Gasteiger partial charge in [-0.3, -0.25) is 14.3 Å². The van der Waals surface area contributed by atoms with Crippen molar-refractivity contribution < 1.29 is 37.0 Å². The quantitative estimate of drug-likeness (QED) is 0.180. The van der Waals surface area contributed by atoms with Crippen molar-refractivity contribution in [3.63, 3.8) is 0 Å². The molecule has 1 unspecified atom stereocenters. The fourth-order valence-corrected chi connectivity index (χ4v) is 4.72. The maximum atomic E-state index is 15.0. The average Bonchev–Trinajstić information content (AvgIpc) is 3.44. The lowest BCUT2D eigenvalue weighted by molar-refractivity contribution is -0.138. The number of halogens is 4. The summed E-state index contributed by atoms with van der Waals surface area (Å²) < 4.78 is 61.4. The van der Waals surface area contributed by atoms with Gasteiger partial charge in [-0.1, -0.05) is 18.2 Å². The minimum Gasteiger partial charge on any atom is -0.497 e. The number of ether oxygens (including phenoxy) is 1. The lowest BCUT2D eigenvalue weighted by Crippen LogP contribution is -2.26. The second kappa shape index (κ2) is 12.2. The molecule has 0 aliphatic rings. The van der Waals surface area contributed by atoms with Crippen molar-refractivity contribution in [3.8, 4) is 28.4 Å². The molecule has 12 heteroatoms. The highest BCUT2D eigenvalue weighted by Gasteiger charge is 2.31. The fraction of sp³-hybridized carbons (Fsp3) is 0.188.